The monoisotopic (exact) mass is 484 g/mol. The summed E-state index contributed by atoms with van der Waals surface area (Å²) in [6.07, 6.45) is 8.16. The van der Waals surface area contributed by atoms with E-state index in [4.69, 9.17) is 0 Å². The molecule has 3 amide bonds. The summed E-state index contributed by atoms with van der Waals surface area (Å²) in [5, 5.41) is 9.69. The van der Waals surface area contributed by atoms with Crippen LogP contribution in [0.3, 0.4) is 0 Å². The molecule has 3 aromatic rings. The van der Waals surface area contributed by atoms with E-state index in [9.17, 15) is 9.59 Å². The molecule has 2 fully saturated rings. The van der Waals surface area contributed by atoms with Gasteiger partial charge in [0.2, 0.25) is 5.91 Å². The molecule has 1 aliphatic carbocycles. The maximum atomic E-state index is 14.1. The third kappa shape index (κ3) is 4.21. The lowest BCUT2D eigenvalue weighted by atomic mass is 9.81. The molecule has 3 aliphatic rings. The molecule has 3 heterocycles. The van der Waals surface area contributed by atoms with Crippen molar-refractivity contribution in [1.82, 2.24) is 20.2 Å². The number of likely N-dealkylation sites (tertiary alicyclic amines) is 1. The third-order valence-corrected chi connectivity index (χ3v) is 7.99. The van der Waals surface area contributed by atoms with Gasteiger partial charge in [0.1, 0.15) is 5.82 Å². The van der Waals surface area contributed by atoms with Gasteiger partial charge in [-0.25, -0.2) is 9.78 Å². The Morgan fingerprint density at radius 3 is 2.61 bits per heavy atom. The minimum absolute atomic E-state index is 0.00854. The number of nitrogens with zero attached hydrogens (tertiary/aromatic N) is 2. The smallest absolute Gasteiger partial charge is 0.319 e. The maximum Gasteiger partial charge on any atom is 0.319 e. The average molecular weight is 485 g/mol. The summed E-state index contributed by atoms with van der Waals surface area (Å²) in [6.45, 7) is 0.709. The second kappa shape index (κ2) is 9.68. The summed E-state index contributed by atoms with van der Waals surface area (Å²) < 4.78 is 0. The zero-order valence-electron chi connectivity index (χ0n) is 20.2. The van der Waals surface area contributed by atoms with Crippen molar-refractivity contribution in [1.29, 1.82) is 0 Å². The number of H-pyrrole nitrogens is 1. The van der Waals surface area contributed by atoms with Crippen LogP contribution in [0, 0.1) is 11.8 Å². The van der Waals surface area contributed by atoms with E-state index in [0.29, 0.717) is 6.54 Å². The highest BCUT2D eigenvalue weighted by Gasteiger charge is 2.49. The highest BCUT2D eigenvalue weighted by atomic mass is 16.2. The predicted octanol–water partition coefficient (Wildman–Crippen LogP) is 4.85. The topological polar surface area (TPSA) is 102 Å². The van der Waals surface area contributed by atoms with E-state index >= 15 is 0 Å². The predicted molar refractivity (Wildman–Crippen MR) is 138 cm³/mol. The first-order valence-electron chi connectivity index (χ1n) is 13.0. The lowest BCUT2D eigenvalue weighted by Crippen LogP contribution is -2.51. The molecule has 8 nitrogen and oxygen atoms in total. The first kappa shape index (κ1) is 22.6. The molecule has 0 radical (unpaired) electrons. The van der Waals surface area contributed by atoms with Crippen LogP contribution in [0.15, 0.2) is 67.0 Å². The van der Waals surface area contributed by atoms with E-state index in [-0.39, 0.29) is 41.9 Å². The fourth-order valence-electron chi connectivity index (χ4n) is 6.36. The minimum Gasteiger partial charge on any atom is -0.375 e. The van der Waals surface area contributed by atoms with E-state index in [0.717, 1.165) is 49.3 Å². The van der Waals surface area contributed by atoms with Crippen molar-refractivity contribution in [3.63, 3.8) is 0 Å². The van der Waals surface area contributed by atoms with Gasteiger partial charge in [0.05, 0.1) is 18.0 Å². The van der Waals surface area contributed by atoms with Crippen molar-refractivity contribution >= 4 is 23.3 Å². The largest absolute Gasteiger partial charge is 0.375 e. The standard InChI is InChI=1S/C28H32N6O2/c35-27(20-11-5-7-13-23(20)33-28(36)31-18-8-2-1-3-9-18)34-17-14-21-24(26-29-15-16-30-26)32-22-12-6-4-10-19(22)25(21)34/h1-4,6,8-10,12,15-16,20-21,23-25,32H,5,7,11,13-14,17H2,(H,29,30)(H2,31,33,36)/t20-,21-,23+,24+,25-/m0/s1. The van der Waals surface area contributed by atoms with Crippen LogP contribution in [0.4, 0.5) is 16.2 Å². The number of nitrogens with one attached hydrogen (secondary N) is 4. The van der Waals surface area contributed by atoms with Crippen LogP contribution in [0.5, 0.6) is 0 Å². The van der Waals surface area contributed by atoms with Gasteiger partial charge in [-0.05, 0) is 43.0 Å². The summed E-state index contributed by atoms with van der Waals surface area (Å²) in [5.74, 6) is 1.07. The molecule has 2 aliphatic heterocycles. The van der Waals surface area contributed by atoms with Gasteiger partial charge >= 0.3 is 6.03 Å². The molecule has 36 heavy (non-hydrogen) atoms. The van der Waals surface area contributed by atoms with Crippen LogP contribution < -0.4 is 16.0 Å². The normalized spacial score (nSPS) is 26.9. The molecule has 0 unspecified atom stereocenters. The van der Waals surface area contributed by atoms with E-state index in [2.05, 4.69) is 43.0 Å². The number of benzene rings is 2. The number of aromatic amines is 1. The Morgan fingerprint density at radius 1 is 0.972 bits per heavy atom. The zero-order chi connectivity index (χ0) is 24.5. The molecule has 0 bridgehead atoms. The Hall–Kier alpha value is -3.81. The van der Waals surface area contributed by atoms with Gasteiger partial charge in [0.15, 0.2) is 0 Å². The van der Waals surface area contributed by atoms with Crippen molar-refractivity contribution in [3.8, 4) is 0 Å². The lowest BCUT2D eigenvalue weighted by molar-refractivity contribution is -0.138. The van der Waals surface area contributed by atoms with Crippen LogP contribution >= 0.6 is 0 Å². The molecule has 0 spiro atoms. The van der Waals surface area contributed by atoms with Gasteiger partial charge < -0.3 is 25.8 Å². The van der Waals surface area contributed by atoms with Gasteiger partial charge in [-0.3, -0.25) is 4.79 Å². The van der Waals surface area contributed by atoms with Crippen molar-refractivity contribution in [2.45, 2.75) is 50.2 Å². The summed E-state index contributed by atoms with van der Waals surface area (Å²) in [6, 6.07) is 17.3. The number of carbonyl (C=O) groups is 2. The Bertz CT molecular complexity index is 1210. The Labute approximate surface area is 210 Å². The van der Waals surface area contributed by atoms with Crippen molar-refractivity contribution < 1.29 is 9.59 Å². The molecule has 4 N–H and O–H groups in total. The Balaban J connectivity index is 1.23. The molecule has 6 rings (SSSR count). The summed E-state index contributed by atoms with van der Waals surface area (Å²) >= 11 is 0. The van der Waals surface area contributed by atoms with Crippen LogP contribution in [-0.2, 0) is 4.79 Å². The summed E-state index contributed by atoms with van der Waals surface area (Å²) in [7, 11) is 0. The highest BCUT2D eigenvalue weighted by Crippen LogP contribution is 2.51. The number of hydrogen-bond donors (Lipinski definition) is 4. The minimum atomic E-state index is -0.254. The van der Waals surface area contributed by atoms with Crippen LogP contribution in [-0.4, -0.2) is 39.4 Å². The van der Waals surface area contributed by atoms with E-state index in [1.54, 1.807) is 6.20 Å². The fraction of sp³-hybridized carbons (Fsp3) is 0.393. The molecular weight excluding hydrogens is 452 g/mol. The quantitative estimate of drug-likeness (QED) is 0.425. The number of anilines is 2. The van der Waals surface area contributed by atoms with Gasteiger partial charge in [-0.1, -0.05) is 49.2 Å². The number of aromatic nitrogens is 2. The van der Waals surface area contributed by atoms with E-state index in [1.807, 2.05) is 48.7 Å². The Morgan fingerprint density at radius 2 is 1.78 bits per heavy atom. The van der Waals surface area contributed by atoms with Crippen LogP contribution in [0.2, 0.25) is 0 Å². The van der Waals surface area contributed by atoms with Gasteiger partial charge in [0, 0.05) is 42.3 Å². The van der Waals surface area contributed by atoms with Crippen molar-refractivity contribution in [3.05, 3.63) is 78.4 Å². The first-order valence-corrected chi connectivity index (χ1v) is 13.0. The molecule has 1 aromatic heterocycles. The van der Waals surface area contributed by atoms with Crippen LogP contribution in [0.25, 0.3) is 0 Å². The number of para-hydroxylation sites is 2. The molecule has 5 atom stereocenters. The number of hydrogen-bond acceptors (Lipinski definition) is 4. The zero-order valence-corrected chi connectivity index (χ0v) is 20.2. The maximum absolute atomic E-state index is 14.1. The number of fused-ring (bicyclic) bond motifs is 3. The summed E-state index contributed by atoms with van der Waals surface area (Å²) in [5.41, 5.74) is 2.96. The Kier molecular flexibility index (Phi) is 6.09. The van der Waals surface area contributed by atoms with Crippen LogP contribution in [0.1, 0.15) is 55.6 Å². The van der Waals surface area contributed by atoms with E-state index < -0.39 is 0 Å². The number of rotatable bonds is 4. The second-order valence-corrected chi connectivity index (χ2v) is 10.1. The SMILES string of the molecule is O=C(Nc1ccccc1)N[C@@H]1CCCC[C@@H]1C(=O)N1CC[C@H]2[C@H](c3ncc[nH]3)Nc3ccccc3[C@@H]21. The lowest BCUT2D eigenvalue weighted by Gasteiger charge is -2.41. The third-order valence-electron chi connectivity index (χ3n) is 7.99. The van der Waals surface area contributed by atoms with Gasteiger partial charge in [-0.2, -0.15) is 0 Å². The molecule has 186 valence electrons. The van der Waals surface area contributed by atoms with Crippen molar-refractivity contribution in [2.24, 2.45) is 11.8 Å². The number of imidazole rings is 1. The molecule has 1 saturated heterocycles. The highest BCUT2D eigenvalue weighted by molar-refractivity contribution is 5.90. The summed E-state index contributed by atoms with van der Waals surface area (Å²) in [4.78, 5) is 36.8. The first-order chi connectivity index (χ1) is 17.7. The van der Waals surface area contributed by atoms with E-state index in [1.165, 1.54) is 5.56 Å². The number of urea groups is 1. The molecule has 1 saturated carbocycles. The van der Waals surface area contributed by atoms with Gasteiger partial charge in [-0.15, -0.1) is 0 Å². The number of amides is 3. The van der Waals surface area contributed by atoms with Gasteiger partial charge in [0.25, 0.3) is 0 Å². The molecular formula is C28H32N6O2. The number of carbonyl (C=O) groups excluding carboxylic acids is 2. The van der Waals surface area contributed by atoms with Crippen molar-refractivity contribution in [2.75, 3.05) is 17.2 Å². The fourth-order valence-corrected chi connectivity index (χ4v) is 6.36. The second-order valence-electron chi connectivity index (χ2n) is 10.1. The molecule has 8 heteroatoms. The average Bonchev–Trinajstić information content (AvgIpc) is 3.60. The molecule has 2 aromatic carbocycles.